The van der Waals surface area contributed by atoms with Crippen LogP contribution in [-0.2, 0) is 9.47 Å². The lowest BCUT2D eigenvalue weighted by molar-refractivity contribution is 0.0594. The summed E-state index contributed by atoms with van der Waals surface area (Å²) in [4.78, 5) is 35.5. The number of esters is 2. The summed E-state index contributed by atoms with van der Waals surface area (Å²) in [5, 5.41) is 0. The molecule has 1 aromatic rings. The molecule has 1 fully saturated rings. The molecule has 0 bridgehead atoms. The molecule has 2 rings (SSSR count). The van der Waals surface area contributed by atoms with Crippen LogP contribution in [0.15, 0.2) is 17.2 Å². The van der Waals surface area contributed by atoms with Gasteiger partial charge in [-0.2, -0.15) is 0 Å². The number of ether oxygens (including phenoxy) is 2. The molecule has 0 unspecified atom stereocenters. The van der Waals surface area contributed by atoms with Crippen LogP contribution in [0.25, 0.3) is 0 Å². The van der Waals surface area contributed by atoms with Gasteiger partial charge in [-0.3, -0.25) is 4.79 Å². The van der Waals surface area contributed by atoms with Crippen molar-refractivity contribution < 1.29 is 19.1 Å². The number of carbonyl (C=O) groups excluding carboxylic acids is 2. The van der Waals surface area contributed by atoms with Gasteiger partial charge in [0.05, 0.1) is 14.2 Å². The molecule has 1 aliphatic rings. The lowest BCUT2D eigenvalue weighted by Crippen LogP contribution is -2.26. The van der Waals surface area contributed by atoms with Crippen LogP contribution >= 0.6 is 0 Å². The topological polar surface area (TPSA) is 74.6 Å². The Morgan fingerprint density at radius 3 is 1.90 bits per heavy atom. The number of hydrogen-bond acceptors (Lipinski definition) is 5. The molecule has 20 heavy (non-hydrogen) atoms. The van der Waals surface area contributed by atoms with E-state index >= 15 is 0 Å². The van der Waals surface area contributed by atoms with Crippen molar-refractivity contribution in [1.82, 2.24) is 4.57 Å². The van der Waals surface area contributed by atoms with E-state index in [4.69, 9.17) is 0 Å². The molecule has 6 heteroatoms. The number of aromatic nitrogens is 1. The third-order valence-corrected chi connectivity index (χ3v) is 3.60. The Morgan fingerprint density at radius 2 is 1.50 bits per heavy atom. The van der Waals surface area contributed by atoms with E-state index in [9.17, 15) is 14.4 Å². The Bertz CT molecular complexity index is 543. The molecule has 1 aliphatic carbocycles. The molecule has 1 heterocycles. The lowest BCUT2D eigenvalue weighted by Gasteiger charge is -2.16. The fourth-order valence-corrected chi connectivity index (χ4v) is 2.52. The van der Waals surface area contributed by atoms with Gasteiger partial charge in [-0.15, -0.1) is 0 Å². The molecule has 108 valence electrons. The maximum atomic E-state index is 12.1. The molecule has 0 spiro atoms. The molecule has 0 amide bonds. The fraction of sp³-hybridized carbons (Fsp3) is 0.500. The number of nitrogens with zero attached hydrogens (tertiary/aromatic N) is 1. The summed E-state index contributed by atoms with van der Waals surface area (Å²) in [6, 6.07) is 0.197. The minimum atomic E-state index is -0.743. The van der Waals surface area contributed by atoms with Gasteiger partial charge in [0.2, 0.25) is 5.43 Å². The van der Waals surface area contributed by atoms with E-state index in [1.54, 1.807) is 4.57 Å². The van der Waals surface area contributed by atoms with Gasteiger partial charge >= 0.3 is 11.9 Å². The van der Waals surface area contributed by atoms with Crippen molar-refractivity contribution in [1.29, 1.82) is 0 Å². The highest BCUT2D eigenvalue weighted by molar-refractivity contribution is 5.94. The molecular formula is C14H17NO5. The average molecular weight is 279 g/mol. The van der Waals surface area contributed by atoms with Crippen LogP contribution in [0, 0.1) is 0 Å². The quantitative estimate of drug-likeness (QED) is 0.784. The highest BCUT2D eigenvalue weighted by atomic mass is 16.5. The molecule has 0 aromatic carbocycles. The monoisotopic (exact) mass is 279 g/mol. The van der Waals surface area contributed by atoms with Gasteiger partial charge in [-0.1, -0.05) is 12.8 Å². The fourth-order valence-electron chi connectivity index (χ4n) is 2.52. The van der Waals surface area contributed by atoms with E-state index in [0.29, 0.717) is 0 Å². The van der Waals surface area contributed by atoms with Gasteiger partial charge in [0.1, 0.15) is 11.1 Å². The van der Waals surface area contributed by atoms with Gasteiger partial charge in [-0.05, 0) is 12.8 Å². The normalized spacial score (nSPS) is 15.1. The van der Waals surface area contributed by atoms with Crippen molar-refractivity contribution in [2.24, 2.45) is 0 Å². The first-order valence-electron chi connectivity index (χ1n) is 6.51. The van der Waals surface area contributed by atoms with Crippen LogP contribution in [0.1, 0.15) is 52.4 Å². The zero-order valence-electron chi connectivity index (χ0n) is 11.5. The standard InChI is InChI=1S/C14H17NO5/c1-19-13(17)10-7-15(9-5-3-4-6-9)8-11(12(10)16)14(18)20-2/h7-9H,3-6H2,1-2H3. The van der Waals surface area contributed by atoms with E-state index in [1.165, 1.54) is 26.6 Å². The first kappa shape index (κ1) is 14.3. The molecule has 1 saturated carbocycles. The van der Waals surface area contributed by atoms with Crippen molar-refractivity contribution in [3.05, 3.63) is 33.7 Å². The Labute approximate surface area is 116 Å². The van der Waals surface area contributed by atoms with Crippen molar-refractivity contribution in [3.63, 3.8) is 0 Å². The van der Waals surface area contributed by atoms with Crippen molar-refractivity contribution in [2.75, 3.05) is 14.2 Å². The summed E-state index contributed by atoms with van der Waals surface area (Å²) < 4.78 is 11.0. The van der Waals surface area contributed by atoms with Crippen LogP contribution in [0.5, 0.6) is 0 Å². The number of pyridine rings is 1. The largest absolute Gasteiger partial charge is 0.465 e. The van der Waals surface area contributed by atoms with Crippen LogP contribution in [0.4, 0.5) is 0 Å². The predicted molar refractivity (Wildman–Crippen MR) is 70.9 cm³/mol. The van der Waals surface area contributed by atoms with Crippen molar-refractivity contribution in [3.8, 4) is 0 Å². The second-order valence-electron chi connectivity index (χ2n) is 4.78. The first-order chi connectivity index (χ1) is 9.58. The molecule has 0 atom stereocenters. The molecule has 1 aromatic heterocycles. The van der Waals surface area contributed by atoms with Crippen LogP contribution in [0.3, 0.4) is 0 Å². The van der Waals surface area contributed by atoms with Crippen LogP contribution < -0.4 is 5.43 Å². The van der Waals surface area contributed by atoms with Gasteiger partial charge in [0.25, 0.3) is 0 Å². The van der Waals surface area contributed by atoms with Crippen LogP contribution in [-0.4, -0.2) is 30.7 Å². The maximum absolute atomic E-state index is 12.1. The smallest absolute Gasteiger partial charge is 0.343 e. The van der Waals surface area contributed by atoms with Gasteiger partial charge in [-0.25, -0.2) is 9.59 Å². The zero-order valence-corrected chi connectivity index (χ0v) is 11.5. The molecule has 0 radical (unpaired) electrons. The highest BCUT2D eigenvalue weighted by Gasteiger charge is 2.23. The second-order valence-corrected chi connectivity index (χ2v) is 4.78. The number of hydrogen-bond donors (Lipinski definition) is 0. The Kier molecular flexibility index (Phi) is 4.22. The van der Waals surface area contributed by atoms with E-state index in [-0.39, 0.29) is 17.2 Å². The lowest BCUT2D eigenvalue weighted by atomic mass is 10.1. The third-order valence-electron chi connectivity index (χ3n) is 3.60. The minimum absolute atomic E-state index is 0.137. The summed E-state index contributed by atoms with van der Waals surface area (Å²) in [5.41, 5.74) is -0.928. The summed E-state index contributed by atoms with van der Waals surface area (Å²) in [6.07, 6.45) is 7.05. The minimum Gasteiger partial charge on any atom is -0.465 e. The zero-order chi connectivity index (χ0) is 14.7. The molecule has 6 nitrogen and oxygen atoms in total. The Balaban J connectivity index is 2.56. The first-order valence-corrected chi connectivity index (χ1v) is 6.51. The Morgan fingerprint density at radius 1 is 1.05 bits per heavy atom. The average Bonchev–Trinajstić information content (AvgIpc) is 3.00. The molecule has 0 aliphatic heterocycles. The van der Waals surface area contributed by atoms with Gasteiger partial charge in [0.15, 0.2) is 0 Å². The Hall–Kier alpha value is -2.11. The summed E-state index contributed by atoms with van der Waals surface area (Å²) in [6.45, 7) is 0. The molecule has 0 saturated heterocycles. The second kappa shape index (κ2) is 5.90. The molecule has 0 N–H and O–H groups in total. The van der Waals surface area contributed by atoms with Gasteiger partial charge in [0, 0.05) is 18.4 Å². The summed E-state index contributed by atoms with van der Waals surface area (Å²) in [5.74, 6) is -1.49. The van der Waals surface area contributed by atoms with Gasteiger partial charge < -0.3 is 14.0 Å². The number of methoxy groups -OCH3 is 2. The maximum Gasteiger partial charge on any atom is 0.343 e. The van der Waals surface area contributed by atoms with E-state index in [0.717, 1.165) is 25.7 Å². The van der Waals surface area contributed by atoms with Crippen molar-refractivity contribution >= 4 is 11.9 Å². The van der Waals surface area contributed by atoms with Crippen molar-refractivity contribution in [2.45, 2.75) is 31.7 Å². The number of carbonyl (C=O) groups is 2. The SMILES string of the molecule is COC(=O)c1cn(C2CCCC2)cc(C(=O)OC)c1=O. The number of rotatable bonds is 3. The highest BCUT2D eigenvalue weighted by Crippen LogP contribution is 2.29. The molecular weight excluding hydrogens is 262 g/mol. The predicted octanol–water partition coefficient (Wildman–Crippen LogP) is 1.54. The summed E-state index contributed by atoms with van der Waals surface area (Å²) in [7, 11) is 2.40. The van der Waals surface area contributed by atoms with Crippen LogP contribution in [0.2, 0.25) is 0 Å². The third kappa shape index (κ3) is 2.59. The van der Waals surface area contributed by atoms with E-state index in [1.807, 2.05) is 0 Å². The summed E-state index contributed by atoms with van der Waals surface area (Å²) >= 11 is 0. The van der Waals surface area contributed by atoms with E-state index in [2.05, 4.69) is 9.47 Å². The van der Waals surface area contributed by atoms with E-state index < -0.39 is 17.4 Å².